The number of nitrogens with one attached hydrogen (secondary N) is 3. The summed E-state index contributed by atoms with van der Waals surface area (Å²) in [6, 6.07) is 0.636. The van der Waals surface area contributed by atoms with Gasteiger partial charge in [0.05, 0.1) is 6.04 Å². The lowest BCUT2D eigenvalue weighted by atomic mass is 10.0. The monoisotopic (exact) mass is 227 g/mol. The molecule has 0 spiro atoms. The van der Waals surface area contributed by atoms with Gasteiger partial charge in [-0.3, -0.25) is 4.79 Å². The van der Waals surface area contributed by atoms with Crippen LogP contribution in [0.15, 0.2) is 0 Å². The van der Waals surface area contributed by atoms with Gasteiger partial charge in [0.15, 0.2) is 0 Å². The second-order valence-corrected chi connectivity index (χ2v) is 5.31. The summed E-state index contributed by atoms with van der Waals surface area (Å²) in [6.07, 6.45) is 1.03. The fourth-order valence-corrected chi connectivity index (χ4v) is 2.08. The molecule has 3 atom stereocenters. The van der Waals surface area contributed by atoms with Crippen molar-refractivity contribution >= 4 is 5.91 Å². The standard InChI is InChI=1S/C12H25N3O/c1-8(2)5-9(3)15-12(16)11-7-13-10(4)6-14-11/h8-11,13-14H,5-7H2,1-4H3,(H,15,16). The molecule has 0 bridgehead atoms. The van der Waals surface area contributed by atoms with Crippen LogP contribution >= 0.6 is 0 Å². The van der Waals surface area contributed by atoms with Gasteiger partial charge in [0.2, 0.25) is 5.91 Å². The Morgan fingerprint density at radius 1 is 1.31 bits per heavy atom. The largest absolute Gasteiger partial charge is 0.352 e. The second-order valence-electron chi connectivity index (χ2n) is 5.31. The molecule has 1 amide bonds. The summed E-state index contributed by atoms with van der Waals surface area (Å²) >= 11 is 0. The van der Waals surface area contributed by atoms with Gasteiger partial charge >= 0.3 is 0 Å². The number of carbonyl (C=O) groups is 1. The highest BCUT2D eigenvalue weighted by atomic mass is 16.2. The van der Waals surface area contributed by atoms with Crippen LogP contribution in [0.5, 0.6) is 0 Å². The van der Waals surface area contributed by atoms with E-state index in [1.54, 1.807) is 0 Å². The Morgan fingerprint density at radius 3 is 2.50 bits per heavy atom. The number of hydrogen-bond acceptors (Lipinski definition) is 3. The van der Waals surface area contributed by atoms with Crippen LogP contribution in [0.25, 0.3) is 0 Å². The average Bonchev–Trinajstić information content (AvgIpc) is 2.16. The van der Waals surface area contributed by atoms with E-state index in [-0.39, 0.29) is 18.0 Å². The zero-order valence-electron chi connectivity index (χ0n) is 10.8. The van der Waals surface area contributed by atoms with Crippen molar-refractivity contribution in [1.82, 2.24) is 16.0 Å². The van der Waals surface area contributed by atoms with Crippen molar-refractivity contribution in [3.05, 3.63) is 0 Å². The SMILES string of the molecule is CC(C)CC(C)NC(=O)C1CNC(C)CN1. The van der Waals surface area contributed by atoms with Crippen LogP contribution in [-0.2, 0) is 4.79 Å². The molecule has 4 heteroatoms. The lowest BCUT2D eigenvalue weighted by Crippen LogP contribution is -2.59. The van der Waals surface area contributed by atoms with Gasteiger partial charge in [0.25, 0.3) is 0 Å². The van der Waals surface area contributed by atoms with Gasteiger partial charge in [-0.05, 0) is 26.2 Å². The van der Waals surface area contributed by atoms with Crippen molar-refractivity contribution in [3.63, 3.8) is 0 Å². The Kier molecular flexibility index (Phi) is 5.22. The molecule has 0 radical (unpaired) electrons. The van der Waals surface area contributed by atoms with Crippen LogP contribution in [0, 0.1) is 5.92 Å². The minimum atomic E-state index is -0.0780. The van der Waals surface area contributed by atoms with Crippen LogP contribution in [0.2, 0.25) is 0 Å². The Labute approximate surface area is 98.6 Å². The van der Waals surface area contributed by atoms with E-state index < -0.39 is 0 Å². The molecule has 0 saturated carbocycles. The first-order valence-corrected chi connectivity index (χ1v) is 6.26. The molecule has 3 N–H and O–H groups in total. The van der Waals surface area contributed by atoms with Gasteiger partial charge in [0, 0.05) is 25.2 Å². The minimum Gasteiger partial charge on any atom is -0.352 e. The van der Waals surface area contributed by atoms with Gasteiger partial charge < -0.3 is 16.0 Å². The van der Waals surface area contributed by atoms with E-state index in [2.05, 4.69) is 43.6 Å². The molecule has 16 heavy (non-hydrogen) atoms. The van der Waals surface area contributed by atoms with Crippen molar-refractivity contribution in [2.24, 2.45) is 5.92 Å². The van der Waals surface area contributed by atoms with Crippen LogP contribution in [0.1, 0.15) is 34.1 Å². The third-order valence-corrected chi connectivity index (χ3v) is 2.87. The van der Waals surface area contributed by atoms with Gasteiger partial charge in [-0.1, -0.05) is 13.8 Å². The molecular formula is C12H25N3O. The predicted octanol–water partition coefficient (Wildman–Crippen LogP) is 0.487. The molecule has 1 heterocycles. The number of carbonyl (C=O) groups excluding carboxylic acids is 1. The van der Waals surface area contributed by atoms with E-state index in [4.69, 9.17) is 0 Å². The molecule has 0 aromatic heterocycles. The van der Waals surface area contributed by atoms with E-state index in [9.17, 15) is 4.79 Å². The Morgan fingerprint density at radius 2 is 2.00 bits per heavy atom. The van der Waals surface area contributed by atoms with Crippen LogP contribution in [0.4, 0.5) is 0 Å². The first-order valence-electron chi connectivity index (χ1n) is 6.26. The van der Waals surface area contributed by atoms with Crippen molar-refractivity contribution in [2.75, 3.05) is 13.1 Å². The van der Waals surface area contributed by atoms with Crippen LogP contribution in [-0.4, -0.2) is 37.1 Å². The molecule has 0 aromatic rings. The van der Waals surface area contributed by atoms with Gasteiger partial charge in [-0.25, -0.2) is 0 Å². The summed E-state index contributed by atoms with van der Waals surface area (Å²) in [4.78, 5) is 11.9. The Hall–Kier alpha value is -0.610. The summed E-state index contributed by atoms with van der Waals surface area (Å²) in [6.45, 7) is 10.1. The third kappa shape index (κ3) is 4.49. The summed E-state index contributed by atoms with van der Waals surface area (Å²) < 4.78 is 0. The van der Waals surface area contributed by atoms with Crippen molar-refractivity contribution < 1.29 is 4.79 Å². The maximum atomic E-state index is 11.9. The molecule has 1 aliphatic rings. The minimum absolute atomic E-state index is 0.0780. The smallest absolute Gasteiger partial charge is 0.238 e. The lowest BCUT2D eigenvalue weighted by molar-refractivity contribution is -0.124. The molecule has 1 fully saturated rings. The molecule has 0 aromatic carbocycles. The number of hydrogen-bond donors (Lipinski definition) is 3. The van der Waals surface area contributed by atoms with E-state index in [0.29, 0.717) is 12.0 Å². The maximum absolute atomic E-state index is 11.9. The molecule has 4 nitrogen and oxygen atoms in total. The average molecular weight is 227 g/mol. The molecule has 1 saturated heterocycles. The fraction of sp³-hybridized carbons (Fsp3) is 0.917. The van der Waals surface area contributed by atoms with E-state index in [1.807, 2.05) is 0 Å². The van der Waals surface area contributed by atoms with Gasteiger partial charge in [0.1, 0.15) is 0 Å². The highest BCUT2D eigenvalue weighted by Gasteiger charge is 2.24. The maximum Gasteiger partial charge on any atom is 0.238 e. The first-order chi connectivity index (χ1) is 7.49. The summed E-state index contributed by atoms with van der Waals surface area (Å²) in [5, 5.41) is 9.61. The molecule has 1 rings (SSSR count). The zero-order valence-corrected chi connectivity index (χ0v) is 10.8. The summed E-state index contributed by atoms with van der Waals surface area (Å²) in [7, 11) is 0. The van der Waals surface area contributed by atoms with E-state index in [0.717, 1.165) is 19.5 Å². The fourth-order valence-electron chi connectivity index (χ4n) is 2.08. The molecule has 3 unspecified atom stereocenters. The summed E-state index contributed by atoms with van der Waals surface area (Å²) in [5.74, 6) is 0.736. The molecule has 1 aliphatic heterocycles. The molecule has 94 valence electrons. The number of amides is 1. The van der Waals surface area contributed by atoms with Crippen LogP contribution < -0.4 is 16.0 Å². The van der Waals surface area contributed by atoms with E-state index >= 15 is 0 Å². The normalized spacial score (nSPS) is 27.8. The highest BCUT2D eigenvalue weighted by Crippen LogP contribution is 2.04. The highest BCUT2D eigenvalue weighted by molar-refractivity contribution is 5.82. The Balaban J connectivity index is 2.29. The third-order valence-electron chi connectivity index (χ3n) is 2.87. The Bertz CT molecular complexity index is 222. The van der Waals surface area contributed by atoms with Gasteiger partial charge in [-0.2, -0.15) is 0 Å². The molecule has 0 aliphatic carbocycles. The summed E-state index contributed by atoms with van der Waals surface area (Å²) in [5.41, 5.74) is 0. The van der Waals surface area contributed by atoms with Crippen LogP contribution in [0.3, 0.4) is 0 Å². The number of rotatable bonds is 4. The van der Waals surface area contributed by atoms with E-state index in [1.165, 1.54) is 0 Å². The van der Waals surface area contributed by atoms with Crippen molar-refractivity contribution in [2.45, 2.75) is 52.2 Å². The lowest BCUT2D eigenvalue weighted by Gasteiger charge is -2.29. The van der Waals surface area contributed by atoms with Crippen molar-refractivity contribution in [1.29, 1.82) is 0 Å². The second kappa shape index (κ2) is 6.21. The quantitative estimate of drug-likeness (QED) is 0.655. The zero-order chi connectivity index (χ0) is 12.1. The topological polar surface area (TPSA) is 53.2 Å². The first kappa shape index (κ1) is 13.5. The van der Waals surface area contributed by atoms with Gasteiger partial charge in [-0.15, -0.1) is 0 Å². The van der Waals surface area contributed by atoms with Crippen molar-refractivity contribution in [3.8, 4) is 0 Å². The molecular weight excluding hydrogens is 202 g/mol. The predicted molar refractivity (Wildman–Crippen MR) is 66.3 cm³/mol. The number of piperazine rings is 1.